The second-order valence-corrected chi connectivity index (χ2v) is 5.93. The number of likely N-dealkylation sites (tertiary alicyclic amines) is 1. The van der Waals surface area contributed by atoms with Crippen LogP contribution in [-0.4, -0.2) is 48.9 Å². The molecular formula is C13H14BrF3N2O. The molecule has 1 heterocycles. The molecule has 0 radical (unpaired) electrons. The third kappa shape index (κ3) is 2.98. The minimum Gasteiger partial charge on any atom is -0.335 e. The highest BCUT2D eigenvalue weighted by Gasteiger charge is 2.39. The summed E-state index contributed by atoms with van der Waals surface area (Å²) in [6.07, 6.45) is -4.54. The van der Waals surface area contributed by atoms with E-state index in [1.54, 1.807) is 0 Å². The van der Waals surface area contributed by atoms with Gasteiger partial charge in [0, 0.05) is 23.6 Å². The molecule has 2 rings (SSSR count). The zero-order valence-electron chi connectivity index (χ0n) is 11.0. The Balaban J connectivity index is 2.23. The molecule has 1 saturated heterocycles. The molecule has 0 unspecified atom stereocenters. The Labute approximate surface area is 123 Å². The van der Waals surface area contributed by atoms with Crippen LogP contribution < -0.4 is 0 Å². The molecule has 7 heteroatoms. The lowest BCUT2D eigenvalue weighted by Crippen LogP contribution is -2.59. The highest BCUT2D eigenvalue weighted by molar-refractivity contribution is 9.10. The fraction of sp³-hybridized carbons (Fsp3) is 0.462. The quantitative estimate of drug-likeness (QED) is 0.818. The molecule has 110 valence electrons. The lowest BCUT2D eigenvalue weighted by molar-refractivity contribution is -0.138. The molecule has 1 fully saturated rings. The number of rotatable bonds is 2. The van der Waals surface area contributed by atoms with E-state index < -0.39 is 17.6 Å². The molecule has 0 aromatic heterocycles. The largest absolute Gasteiger partial charge is 0.417 e. The predicted molar refractivity (Wildman–Crippen MR) is 72.5 cm³/mol. The summed E-state index contributed by atoms with van der Waals surface area (Å²) >= 11 is 3.00. The van der Waals surface area contributed by atoms with Crippen molar-refractivity contribution < 1.29 is 18.0 Å². The summed E-state index contributed by atoms with van der Waals surface area (Å²) in [5.74, 6) is -0.567. The van der Waals surface area contributed by atoms with Crippen LogP contribution in [0.15, 0.2) is 22.7 Å². The van der Waals surface area contributed by atoms with Crippen molar-refractivity contribution in [3.63, 3.8) is 0 Å². The Kier molecular flexibility index (Phi) is 4.11. The summed E-state index contributed by atoms with van der Waals surface area (Å²) in [4.78, 5) is 15.6. The Morgan fingerprint density at radius 3 is 2.45 bits per heavy atom. The van der Waals surface area contributed by atoms with E-state index in [-0.39, 0.29) is 11.6 Å². The van der Waals surface area contributed by atoms with E-state index in [9.17, 15) is 18.0 Å². The highest BCUT2D eigenvalue weighted by Crippen LogP contribution is 2.35. The van der Waals surface area contributed by atoms with Gasteiger partial charge in [0.05, 0.1) is 11.1 Å². The number of benzene rings is 1. The number of amides is 1. The topological polar surface area (TPSA) is 23.6 Å². The number of halogens is 4. The minimum absolute atomic E-state index is 0.212. The van der Waals surface area contributed by atoms with Gasteiger partial charge in [-0.25, -0.2) is 0 Å². The molecular weight excluding hydrogens is 337 g/mol. The van der Waals surface area contributed by atoms with Crippen molar-refractivity contribution >= 4 is 21.8 Å². The van der Waals surface area contributed by atoms with E-state index in [0.717, 1.165) is 6.07 Å². The summed E-state index contributed by atoms with van der Waals surface area (Å²) in [6, 6.07) is 3.82. The fourth-order valence-electron chi connectivity index (χ4n) is 2.06. The van der Waals surface area contributed by atoms with Gasteiger partial charge in [-0.3, -0.25) is 4.79 Å². The number of nitrogens with zero attached hydrogens (tertiary/aromatic N) is 2. The SMILES string of the molecule is CN(C)C1CN(C(=O)c2ccc(Br)cc2C(F)(F)F)C1. The van der Waals surface area contributed by atoms with Crippen molar-refractivity contribution in [3.8, 4) is 0 Å². The first-order valence-corrected chi connectivity index (χ1v) is 6.82. The van der Waals surface area contributed by atoms with E-state index in [4.69, 9.17) is 0 Å². The van der Waals surface area contributed by atoms with Gasteiger partial charge in [0.1, 0.15) is 0 Å². The number of hydrogen-bond acceptors (Lipinski definition) is 2. The van der Waals surface area contributed by atoms with E-state index in [0.29, 0.717) is 17.6 Å². The van der Waals surface area contributed by atoms with Crippen molar-refractivity contribution in [1.29, 1.82) is 0 Å². The van der Waals surface area contributed by atoms with Crippen molar-refractivity contribution in [3.05, 3.63) is 33.8 Å². The number of hydrogen-bond donors (Lipinski definition) is 0. The standard InChI is InChI=1S/C13H14BrF3N2O/c1-18(2)9-6-19(7-9)12(20)10-4-3-8(14)5-11(10)13(15,16)17/h3-5,9H,6-7H2,1-2H3. The van der Waals surface area contributed by atoms with Gasteiger partial charge in [-0.15, -0.1) is 0 Å². The summed E-state index contributed by atoms with van der Waals surface area (Å²) in [5, 5.41) is 0. The van der Waals surface area contributed by atoms with Crippen LogP contribution in [0, 0.1) is 0 Å². The molecule has 0 bridgehead atoms. The van der Waals surface area contributed by atoms with Gasteiger partial charge in [0.2, 0.25) is 0 Å². The van der Waals surface area contributed by atoms with Crippen LogP contribution in [0.25, 0.3) is 0 Å². The van der Waals surface area contributed by atoms with Crippen LogP contribution >= 0.6 is 15.9 Å². The van der Waals surface area contributed by atoms with Crippen molar-refractivity contribution in [2.75, 3.05) is 27.2 Å². The van der Waals surface area contributed by atoms with Gasteiger partial charge >= 0.3 is 6.18 Å². The van der Waals surface area contributed by atoms with Crippen LogP contribution in [0.3, 0.4) is 0 Å². The van der Waals surface area contributed by atoms with Crippen molar-refractivity contribution in [2.24, 2.45) is 0 Å². The number of alkyl halides is 3. The Morgan fingerprint density at radius 1 is 1.35 bits per heavy atom. The Bertz CT molecular complexity index is 525. The van der Waals surface area contributed by atoms with E-state index in [1.807, 2.05) is 19.0 Å². The molecule has 0 aliphatic carbocycles. The second kappa shape index (κ2) is 5.37. The first kappa shape index (κ1) is 15.3. The fourth-order valence-corrected chi connectivity index (χ4v) is 2.42. The second-order valence-electron chi connectivity index (χ2n) is 5.02. The lowest BCUT2D eigenvalue weighted by atomic mass is 10.0. The van der Waals surface area contributed by atoms with E-state index in [2.05, 4.69) is 15.9 Å². The molecule has 20 heavy (non-hydrogen) atoms. The summed E-state index contributed by atoms with van der Waals surface area (Å²) in [7, 11) is 3.76. The van der Waals surface area contributed by atoms with Crippen LogP contribution in [0.5, 0.6) is 0 Å². The number of carbonyl (C=O) groups is 1. The monoisotopic (exact) mass is 350 g/mol. The van der Waals surface area contributed by atoms with Crippen molar-refractivity contribution in [1.82, 2.24) is 9.80 Å². The minimum atomic E-state index is -4.54. The molecule has 0 saturated carbocycles. The van der Waals surface area contributed by atoms with Crippen LogP contribution in [-0.2, 0) is 6.18 Å². The zero-order valence-corrected chi connectivity index (χ0v) is 12.6. The molecule has 1 aromatic rings. The van der Waals surface area contributed by atoms with E-state index >= 15 is 0 Å². The maximum atomic E-state index is 13.0. The molecule has 1 aromatic carbocycles. The third-order valence-electron chi connectivity index (χ3n) is 3.40. The van der Waals surface area contributed by atoms with E-state index in [1.165, 1.54) is 17.0 Å². The van der Waals surface area contributed by atoms with Gasteiger partial charge in [-0.1, -0.05) is 15.9 Å². The smallest absolute Gasteiger partial charge is 0.335 e. The maximum absolute atomic E-state index is 13.0. The summed E-state index contributed by atoms with van der Waals surface area (Å²) < 4.78 is 39.2. The van der Waals surface area contributed by atoms with Gasteiger partial charge in [-0.2, -0.15) is 13.2 Å². The first-order chi connectivity index (χ1) is 9.20. The normalized spacial score (nSPS) is 16.4. The predicted octanol–water partition coefficient (Wildman–Crippen LogP) is 2.85. The molecule has 0 N–H and O–H groups in total. The first-order valence-electron chi connectivity index (χ1n) is 6.02. The Hall–Kier alpha value is -1.08. The maximum Gasteiger partial charge on any atom is 0.417 e. The number of carbonyl (C=O) groups excluding carboxylic acids is 1. The molecule has 3 nitrogen and oxygen atoms in total. The average molecular weight is 351 g/mol. The molecule has 0 spiro atoms. The van der Waals surface area contributed by atoms with Crippen LogP contribution in [0.2, 0.25) is 0 Å². The lowest BCUT2D eigenvalue weighted by Gasteiger charge is -2.43. The van der Waals surface area contributed by atoms with Crippen LogP contribution in [0.1, 0.15) is 15.9 Å². The van der Waals surface area contributed by atoms with Gasteiger partial charge in [0.15, 0.2) is 0 Å². The van der Waals surface area contributed by atoms with Gasteiger partial charge in [-0.05, 0) is 32.3 Å². The summed E-state index contributed by atoms with van der Waals surface area (Å²) in [5.41, 5.74) is -1.19. The third-order valence-corrected chi connectivity index (χ3v) is 3.89. The van der Waals surface area contributed by atoms with Crippen LogP contribution in [0.4, 0.5) is 13.2 Å². The summed E-state index contributed by atoms with van der Waals surface area (Å²) in [6.45, 7) is 0.915. The molecule has 0 atom stereocenters. The zero-order chi connectivity index (χ0) is 15.1. The Morgan fingerprint density at radius 2 is 1.95 bits per heavy atom. The molecule has 1 aliphatic rings. The highest BCUT2D eigenvalue weighted by atomic mass is 79.9. The van der Waals surface area contributed by atoms with Gasteiger partial charge < -0.3 is 9.80 Å². The van der Waals surface area contributed by atoms with Gasteiger partial charge in [0.25, 0.3) is 5.91 Å². The molecule has 1 aliphatic heterocycles. The molecule has 1 amide bonds. The van der Waals surface area contributed by atoms with Crippen molar-refractivity contribution in [2.45, 2.75) is 12.2 Å². The average Bonchev–Trinajstić information content (AvgIpc) is 2.24. The number of likely N-dealkylation sites (N-methyl/N-ethyl adjacent to an activating group) is 1.